The second-order valence-corrected chi connectivity index (χ2v) is 5.33. The van der Waals surface area contributed by atoms with Crippen molar-refractivity contribution in [3.63, 3.8) is 0 Å². The third-order valence-electron chi connectivity index (χ3n) is 3.49. The molecule has 3 heteroatoms. The van der Waals surface area contributed by atoms with Crippen LogP contribution in [-0.2, 0) is 4.74 Å². The van der Waals surface area contributed by atoms with Gasteiger partial charge < -0.3 is 9.64 Å². The van der Waals surface area contributed by atoms with Crippen LogP contribution in [0, 0.1) is 5.92 Å². The molecule has 1 heterocycles. The summed E-state index contributed by atoms with van der Waals surface area (Å²) in [7, 11) is 1.81. The van der Waals surface area contributed by atoms with E-state index in [1.807, 2.05) is 7.11 Å². The third kappa shape index (κ3) is 6.12. The van der Waals surface area contributed by atoms with E-state index in [1.54, 1.807) is 0 Å². The van der Waals surface area contributed by atoms with E-state index in [0.717, 1.165) is 18.3 Å². The van der Waals surface area contributed by atoms with Gasteiger partial charge >= 0.3 is 0 Å². The quantitative estimate of drug-likeness (QED) is 0.521. The fraction of sp³-hybridized carbons (Fsp3) is 1.00. The smallest absolute Gasteiger partial charge is 0.0491 e. The molecule has 0 radical (unpaired) electrons. The van der Waals surface area contributed by atoms with Gasteiger partial charge in [0, 0.05) is 13.7 Å². The number of unbranched alkanes of at least 4 members (excludes halogenated alkanes) is 3. The molecular weight excluding hydrogens is 218 g/mol. The highest BCUT2D eigenvalue weighted by atomic mass is 32.1. The van der Waals surface area contributed by atoms with Crippen molar-refractivity contribution in [2.45, 2.75) is 38.5 Å². The van der Waals surface area contributed by atoms with E-state index in [9.17, 15) is 0 Å². The Balaban J connectivity index is 1.95. The van der Waals surface area contributed by atoms with Gasteiger partial charge in [-0.2, -0.15) is 12.6 Å². The van der Waals surface area contributed by atoms with Crippen molar-refractivity contribution in [3.8, 4) is 0 Å². The number of likely N-dealkylation sites (tertiary alicyclic amines) is 1. The molecule has 96 valence electrons. The molecule has 0 amide bonds. The zero-order valence-corrected chi connectivity index (χ0v) is 11.6. The molecule has 0 aromatic rings. The van der Waals surface area contributed by atoms with Crippen molar-refractivity contribution < 1.29 is 4.74 Å². The minimum absolute atomic E-state index is 0.811. The summed E-state index contributed by atoms with van der Waals surface area (Å²) in [4.78, 5) is 2.62. The van der Waals surface area contributed by atoms with E-state index in [4.69, 9.17) is 4.74 Å². The van der Waals surface area contributed by atoms with Gasteiger partial charge in [0.25, 0.3) is 0 Å². The van der Waals surface area contributed by atoms with Gasteiger partial charge in [-0.3, -0.25) is 0 Å². The van der Waals surface area contributed by atoms with Crippen LogP contribution in [-0.4, -0.2) is 44.0 Å². The fourth-order valence-electron chi connectivity index (χ4n) is 2.41. The SMILES string of the molecule is COCC1CCN(CCCCCCS)CC1. The highest BCUT2D eigenvalue weighted by Gasteiger charge is 2.18. The first-order valence-electron chi connectivity index (χ1n) is 6.69. The molecular formula is C13H27NOS. The monoisotopic (exact) mass is 245 g/mol. The van der Waals surface area contributed by atoms with Crippen molar-refractivity contribution in [2.24, 2.45) is 5.92 Å². The number of thiol groups is 1. The van der Waals surface area contributed by atoms with Crippen LogP contribution in [0.2, 0.25) is 0 Å². The topological polar surface area (TPSA) is 12.5 Å². The summed E-state index contributed by atoms with van der Waals surface area (Å²) in [5.41, 5.74) is 0. The molecule has 0 N–H and O–H groups in total. The summed E-state index contributed by atoms with van der Waals surface area (Å²) < 4.78 is 5.22. The van der Waals surface area contributed by atoms with E-state index in [1.165, 1.54) is 58.2 Å². The molecule has 1 rings (SSSR count). The predicted octanol–water partition coefficient (Wildman–Crippen LogP) is 2.84. The summed E-state index contributed by atoms with van der Waals surface area (Å²) in [5.74, 6) is 1.85. The number of methoxy groups -OCH3 is 1. The molecule has 1 aliphatic rings. The number of ether oxygens (including phenoxy) is 1. The van der Waals surface area contributed by atoms with Gasteiger partial charge in [0.05, 0.1) is 0 Å². The maximum Gasteiger partial charge on any atom is 0.0491 e. The normalized spacial score (nSPS) is 19.1. The molecule has 0 aromatic carbocycles. The van der Waals surface area contributed by atoms with E-state index in [0.29, 0.717) is 0 Å². The number of piperidine rings is 1. The highest BCUT2D eigenvalue weighted by molar-refractivity contribution is 7.80. The summed E-state index contributed by atoms with van der Waals surface area (Å²) in [5, 5.41) is 0. The van der Waals surface area contributed by atoms with Gasteiger partial charge in [0.1, 0.15) is 0 Å². The summed E-state index contributed by atoms with van der Waals surface area (Å²) >= 11 is 4.23. The molecule has 2 nitrogen and oxygen atoms in total. The molecule has 1 aliphatic heterocycles. The average Bonchev–Trinajstić information content (AvgIpc) is 2.31. The molecule has 0 atom stereocenters. The van der Waals surface area contributed by atoms with E-state index >= 15 is 0 Å². The maximum atomic E-state index is 5.22. The lowest BCUT2D eigenvalue weighted by atomic mass is 9.97. The largest absolute Gasteiger partial charge is 0.384 e. The molecule has 0 aromatic heterocycles. The molecule has 1 saturated heterocycles. The zero-order chi connectivity index (χ0) is 11.6. The number of hydrogen-bond donors (Lipinski definition) is 1. The summed E-state index contributed by atoms with van der Waals surface area (Å²) in [6.45, 7) is 4.81. The molecule has 0 saturated carbocycles. The summed E-state index contributed by atoms with van der Waals surface area (Å²) in [6, 6.07) is 0. The lowest BCUT2D eigenvalue weighted by Crippen LogP contribution is -2.35. The van der Waals surface area contributed by atoms with Crippen molar-refractivity contribution in [2.75, 3.05) is 39.1 Å². The van der Waals surface area contributed by atoms with Crippen LogP contribution in [0.3, 0.4) is 0 Å². The lowest BCUT2D eigenvalue weighted by molar-refractivity contribution is 0.0988. The first-order valence-corrected chi connectivity index (χ1v) is 7.32. The van der Waals surface area contributed by atoms with Crippen LogP contribution in [0.1, 0.15) is 38.5 Å². The second-order valence-electron chi connectivity index (χ2n) is 4.88. The standard InChI is InChI=1S/C13H27NOS/c1-15-12-13-6-9-14(10-7-13)8-4-2-3-5-11-16/h13,16H,2-12H2,1H3. The van der Waals surface area contributed by atoms with Crippen LogP contribution in [0.4, 0.5) is 0 Å². The molecule has 0 aliphatic carbocycles. The predicted molar refractivity (Wildman–Crippen MR) is 73.4 cm³/mol. The fourth-order valence-corrected chi connectivity index (χ4v) is 2.64. The maximum absolute atomic E-state index is 5.22. The van der Waals surface area contributed by atoms with Gasteiger partial charge in [-0.05, 0) is 57.0 Å². The molecule has 16 heavy (non-hydrogen) atoms. The van der Waals surface area contributed by atoms with Crippen molar-refractivity contribution in [1.82, 2.24) is 4.90 Å². The van der Waals surface area contributed by atoms with E-state index in [2.05, 4.69) is 17.5 Å². The van der Waals surface area contributed by atoms with E-state index < -0.39 is 0 Å². The zero-order valence-electron chi connectivity index (χ0n) is 10.7. The minimum atomic E-state index is 0.811. The Morgan fingerprint density at radius 1 is 1.12 bits per heavy atom. The Morgan fingerprint density at radius 3 is 2.44 bits per heavy atom. The van der Waals surface area contributed by atoms with Crippen molar-refractivity contribution >= 4 is 12.6 Å². The number of nitrogens with zero attached hydrogens (tertiary/aromatic N) is 1. The van der Waals surface area contributed by atoms with Gasteiger partial charge in [-0.15, -0.1) is 0 Å². The van der Waals surface area contributed by atoms with Crippen LogP contribution in [0.25, 0.3) is 0 Å². The summed E-state index contributed by atoms with van der Waals surface area (Å²) in [6.07, 6.45) is 8.01. The van der Waals surface area contributed by atoms with Crippen LogP contribution < -0.4 is 0 Å². The molecule has 0 spiro atoms. The highest BCUT2D eigenvalue weighted by Crippen LogP contribution is 2.17. The molecule has 0 unspecified atom stereocenters. The van der Waals surface area contributed by atoms with Crippen LogP contribution in [0.5, 0.6) is 0 Å². The van der Waals surface area contributed by atoms with Crippen molar-refractivity contribution in [3.05, 3.63) is 0 Å². The molecule has 0 bridgehead atoms. The Labute approximate surface area is 106 Å². The Kier molecular flexibility index (Phi) is 8.34. The average molecular weight is 245 g/mol. The molecule has 1 fully saturated rings. The third-order valence-corrected chi connectivity index (χ3v) is 3.81. The van der Waals surface area contributed by atoms with E-state index in [-0.39, 0.29) is 0 Å². The van der Waals surface area contributed by atoms with Gasteiger partial charge in [0.15, 0.2) is 0 Å². The minimum Gasteiger partial charge on any atom is -0.384 e. The van der Waals surface area contributed by atoms with Crippen LogP contribution >= 0.6 is 12.6 Å². The second kappa shape index (κ2) is 9.32. The Morgan fingerprint density at radius 2 is 1.81 bits per heavy atom. The van der Waals surface area contributed by atoms with Gasteiger partial charge in [0.2, 0.25) is 0 Å². The Hall–Kier alpha value is 0.270. The first-order chi connectivity index (χ1) is 7.86. The Bertz CT molecular complexity index is 158. The lowest BCUT2D eigenvalue weighted by Gasteiger charge is -2.31. The number of hydrogen-bond acceptors (Lipinski definition) is 3. The van der Waals surface area contributed by atoms with Gasteiger partial charge in [-0.1, -0.05) is 12.8 Å². The van der Waals surface area contributed by atoms with Crippen molar-refractivity contribution in [1.29, 1.82) is 0 Å². The first kappa shape index (κ1) is 14.3. The van der Waals surface area contributed by atoms with Crippen LogP contribution in [0.15, 0.2) is 0 Å². The van der Waals surface area contributed by atoms with Gasteiger partial charge in [-0.25, -0.2) is 0 Å². The number of rotatable bonds is 8.